The van der Waals surface area contributed by atoms with Gasteiger partial charge in [0, 0.05) is 12.7 Å². The fraction of sp³-hybridized carbons (Fsp3) is 0.0833. The molecule has 8 heteroatoms. The van der Waals surface area contributed by atoms with Crippen molar-refractivity contribution in [3.8, 4) is 0 Å². The first-order chi connectivity index (χ1) is 9.53. The molecule has 0 atom stereocenters. The van der Waals surface area contributed by atoms with Gasteiger partial charge in [0.15, 0.2) is 5.03 Å². The summed E-state index contributed by atoms with van der Waals surface area (Å²) >= 11 is 0. The minimum Gasteiger partial charge on any atom is -0.321 e. The SMILES string of the molecule is NNc1cccnc1S(=O)(=O)NCc1ccc(F)cc1. The Hall–Kier alpha value is -2.03. The van der Waals surface area contributed by atoms with Gasteiger partial charge in [-0.2, -0.15) is 0 Å². The lowest BCUT2D eigenvalue weighted by atomic mass is 10.2. The summed E-state index contributed by atoms with van der Waals surface area (Å²) in [6, 6.07) is 8.58. The number of hydrazine groups is 1. The van der Waals surface area contributed by atoms with Crippen molar-refractivity contribution in [1.82, 2.24) is 9.71 Å². The number of halogens is 1. The molecule has 0 fully saturated rings. The van der Waals surface area contributed by atoms with Crippen LogP contribution in [0.15, 0.2) is 47.6 Å². The van der Waals surface area contributed by atoms with E-state index in [1.807, 2.05) is 0 Å². The summed E-state index contributed by atoms with van der Waals surface area (Å²) in [5, 5.41) is -0.190. The Morgan fingerprint density at radius 2 is 1.90 bits per heavy atom. The zero-order valence-electron chi connectivity index (χ0n) is 10.4. The van der Waals surface area contributed by atoms with E-state index in [1.54, 1.807) is 6.07 Å². The van der Waals surface area contributed by atoms with Crippen LogP contribution in [0.4, 0.5) is 10.1 Å². The summed E-state index contributed by atoms with van der Waals surface area (Å²) in [6.45, 7) is 0.0310. The minimum absolute atomic E-state index is 0.0310. The van der Waals surface area contributed by atoms with Crippen LogP contribution >= 0.6 is 0 Å². The number of sulfonamides is 1. The highest BCUT2D eigenvalue weighted by molar-refractivity contribution is 7.89. The largest absolute Gasteiger partial charge is 0.321 e. The van der Waals surface area contributed by atoms with Gasteiger partial charge in [0.05, 0.1) is 5.69 Å². The van der Waals surface area contributed by atoms with E-state index >= 15 is 0 Å². The van der Waals surface area contributed by atoms with E-state index in [0.717, 1.165) is 0 Å². The Morgan fingerprint density at radius 1 is 1.20 bits per heavy atom. The average Bonchev–Trinajstić information content (AvgIpc) is 2.46. The van der Waals surface area contributed by atoms with Gasteiger partial charge in [0.1, 0.15) is 5.82 Å². The maximum Gasteiger partial charge on any atom is 0.260 e. The fourth-order valence-electron chi connectivity index (χ4n) is 1.56. The molecule has 4 N–H and O–H groups in total. The number of rotatable bonds is 5. The highest BCUT2D eigenvalue weighted by Gasteiger charge is 2.19. The molecule has 0 amide bonds. The molecule has 0 aliphatic carbocycles. The molecule has 20 heavy (non-hydrogen) atoms. The lowest BCUT2D eigenvalue weighted by Gasteiger charge is -2.09. The summed E-state index contributed by atoms with van der Waals surface area (Å²) in [5.74, 6) is 4.87. The molecule has 0 bridgehead atoms. The van der Waals surface area contributed by atoms with Crippen LogP contribution in [0.2, 0.25) is 0 Å². The van der Waals surface area contributed by atoms with E-state index in [1.165, 1.54) is 36.5 Å². The second-order valence-electron chi connectivity index (χ2n) is 3.95. The topological polar surface area (TPSA) is 97.1 Å². The molecular formula is C12H13FN4O2S. The van der Waals surface area contributed by atoms with Crippen LogP contribution in [0.5, 0.6) is 0 Å². The minimum atomic E-state index is -3.81. The number of nitrogen functional groups attached to an aromatic ring is 1. The molecule has 0 unspecified atom stereocenters. The third-order valence-corrected chi connectivity index (χ3v) is 3.92. The van der Waals surface area contributed by atoms with Crippen molar-refractivity contribution in [3.63, 3.8) is 0 Å². The lowest BCUT2D eigenvalue weighted by molar-refractivity contribution is 0.577. The quantitative estimate of drug-likeness (QED) is 0.564. The summed E-state index contributed by atoms with van der Waals surface area (Å²) in [4.78, 5) is 3.79. The third-order valence-electron chi connectivity index (χ3n) is 2.56. The van der Waals surface area contributed by atoms with Gasteiger partial charge >= 0.3 is 0 Å². The van der Waals surface area contributed by atoms with Crippen LogP contribution in [0.3, 0.4) is 0 Å². The van der Waals surface area contributed by atoms with E-state index in [9.17, 15) is 12.8 Å². The Bertz CT molecular complexity index is 689. The van der Waals surface area contributed by atoms with Crippen molar-refractivity contribution < 1.29 is 12.8 Å². The maximum absolute atomic E-state index is 12.8. The molecule has 0 saturated heterocycles. The Labute approximate surface area is 115 Å². The van der Waals surface area contributed by atoms with Gasteiger partial charge in [-0.25, -0.2) is 22.5 Å². The van der Waals surface area contributed by atoms with Crippen molar-refractivity contribution in [2.24, 2.45) is 5.84 Å². The summed E-state index contributed by atoms with van der Waals surface area (Å²) < 4.78 is 39.3. The van der Waals surface area contributed by atoms with Gasteiger partial charge < -0.3 is 5.43 Å². The number of benzene rings is 1. The second-order valence-corrected chi connectivity index (χ2v) is 5.63. The van der Waals surface area contributed by atoms with E-state index in [0.29, 0.717) is 5.56 Å². The van der Waals surface area contributed by atoms with Gasteiger partial charge in [-0.15, -0.1) is 0 Å². The highest BCUT2D eigenvalue weighted by atomic mass is 32.2. The van der Waals surface area contributed by atoms with Crippen LogP contribution in [-0.4, -0.2) is 13.4 Å². The first kappa shape index (κ1) is 14.4. The van der Waals surface area contributed by atoms with Crippen LogP contribution < -0.4 is 16.0 Å². The molecule has 106 valence electrons. The van der Waals surface area contributed by atoms with Crippen LogP contribution in [0, 0.1) is 5.82 Å². The predicted octanol–water partition coefficient (Wildman–Crippen LogP) is 0.985. The van der Waals surface area contributed by atoms with Gasteiger partial charge in [-0.1, -0.05) is 12.1 Å². The van der Waals surface area contributed by atoms with Crippen LogP contribution in [0.1, 0.15) is 5.56 Å². The Kier molecular flexibility index (Phi) is 4.28. The first-order valence-corrected chi connectivity index (χ1v) is 7.17. The number of hydrogen-bond donors (Lipinski definition) is 3. The van der Waals surface area contributed by atoms with Crippen molar-refractivity contribution in [2.45, 2.75) is 11.6 Å². The summed E-state index contributed by atoms with van der Waals surface area (Å²) in [5.41, 5.74) is 3.10. The zero-order chi connectivity index (χ0) is 14.6. The molecule has 6 nitrogen and oxygen atoms in total. The van der Waals surface area contributed by atoms with Gasteiger partial charge in [-0.3, -0.25) is 5.84 Å². The number of nitrogens with zero attached hydrogens (tertiary/aromatic N) is 1. The number of pyridine rings is 1. The van der Waals surface area contributed by atoms with Crippen LogP contribution in [-0.2, 0) is 16.6 Å². The molecule has 0 aliphatic rings. The Morgan fingerprint density at radius 3 is 2.55 bits per heavy atom. The maximum atomic E-state index is 12.8. The number of hydrogen-bond acceptors (Lipinski definition) is 5. The van der Waals surface area contributed by atoms with E-state index in [4.69, 9.17) is 5.84 Å². The molecule has 0 spiro atoms. The van der Waals surface area contributed by atoms with Gasteiger partial charge in [-0.05, 0) is 29.8 Å². The molecule has 1 aromatic carbocycles. The van der Waals surface area contributed by atoms with Crippen molar-refractivity contribution in [3.05, 3.63) is 54.0 Å². The zero-order valence-corrected chi connectivity index (χ0v) is 11.2. The summed E-state index contributed by atoms with van der Waals surface area (Å²) in [6.07, 6.45) is 1.35. The highest BCUT2D eigenvalue weighted by Crippen LogP contribution is 2.16. The lowest BCUT2D eigenvalue weighted by Crippen LogP contribution is -2.26. The predicted molar refractivity (Wildman–Crippen MR) is 72.5 cm³/mol. The first-order valence-electron chi connectivity index (χ1n) is 5.68. The van der Waals surface area contributed by atoms with Gasteiger partial charge in [0.2, 0.25) is 0 Å². The summed E-state index contributed by atoms with van der Waals surface area (Å²) in [7, 11) is -3.81. The van der Waals surface area contributed by atoms with Crippen molar-refractivity contribution >= 4 is 15.7 Å². The van der Waals surface area contributed by atoms with E-state index in [-0.39, 0.29) is 23.1 Å². The molecule has 2 aromatic rings. The number of nitrogens with two attached hydrogens (primary N) is 1. The van der Waals surface area contributed by atoms with Crippen molar-refractivity contribution in [1.29, 1.82) is 0 Å². The van der Waals surface area contributed by atoms with Gasteiger partial charge in [0.25, 0.3) is 10.0 Å². The Balaban J connectivity index is 2.17. The fourth-order valence-corrected chi connectivity index (χ4v) is 2.67. The monoisotopic (exact) mass is 296 g/mol. The van der Waals surface area contributed by atoms with Crippen molar-refractivity contribution in [2.75, 3.05) is 5.43 Å². The molecule has 0 radical (unpaired) electrons. The molecule has 0 aliphatic heterocycles. The molecular weight excluding hydrogens is 283 g/mol. The number of anilines is 1. The molecule has 2 rings (SSSR count). The normalized spacial score (nSPS) is 11.3. The van der Waals surface area contributed by atoms with E-state index < -0.39 is 10.0 Å². The third kappa shape index (κ3) is 3.29. The molecule has 1 aromatic heterocycles. The van der Waals surface area contributed by atoms with Crippen LogP contribution in [0.25, 0.3) is 0 Å². The number of nitrogens with one attached hydrogen (secondary N) is 2. The second kappa shape index (κ2) is 5.95. The standard InChI is InChI=1S/C12H13FN4O2S/c13-10-5-3-9(4-6-10)8-16-20(18,19)12-11(17-14)2-1-7-15-12/h1-7,16-17H,8,14H2. The van der Waals surface area contributed by atoms with E-state index in [2.05, 4.69) is 15.1 Å². The molecule has 1 heterocycles. The average molecular weight is 296 g/mol. The smallest absolute Gasteiger partial charge is 0.260 e. The number of aromatic nitrogens is 1. The molecule has 0 saturated carbocycles.